The van der Waals surface area contributed by atoms with Gasteiger partial charge in [0, 0.05) is 5.56 Å². The number of aryl methyl sites for hydroxylation is 1. The fourth-order valence-electron chi connectivity index (χ4n) is 2.38. The zero-order valence-electron chi connectivity index (χ0n) is 9.27. The zero-order valence-corrected chi connectivity index (χ0v) is 10.0. The molecule has 0 aliphatic heterocycles. The predicted octanol–water partition coefficient (Wildman–Crippen LogP) is 4.74. The predicted molar refractivity (Wildman–Crippen MR) is 61.6 cm³/mol. The van der Waals surface area contributed by atoms with E-state index in [0.29, 0.717) is 17.0 Å². The summed E-state index contributed by atoms with van der Waals surface area (Å²) in [4.78, 5) is 0. The van der Waals surface area contributed by atoms with Gasteiger partial charge in [-0.25, -0.2) is 8.78 Å². The van der Waals surface area contributed by atoms with E-state index in [-0.39, 0.29) is 11.6 Å². The summed E-state index contributed by atoms with van der Waals surface area (Å²) in [6.45, 7) is 1.56. The van der Waals surface area contributed by atoms with E-state index in [1.807, 2.05) is 0 Å². The minimum Gasteiger partial charge on any atom is -0.207 e. The van der Waals surface area contributed by atoms with Crippen LogP contribution in [0.4, 0.5) is 8.78 Å². The van der Waals surface area contributed by atoms with Crippen LogP contribution >= 0.6 is 11.6 Å². The van der Waals surface area contributed by atoms with Crippen LogP contribution in [0.2, 0.25) is 0 Å². The summed E-state index contributed by atoms with van der Waals surface area (Å²) in [6.07, 6.45) is 4.32. The van der Waals surface area contributed by atoms with Crippen LogP contribution in [-0.4, -0.2) is 0 Å². The van der Waals surface area contributed by atoms with Crippen molar-refractivity contribution in [3.63, 3.8) is 0 Å². The van der Waals surface area contributed by atoms with Gasteiger partial charge in [-0.2, -0.15) is 0 Å². The van der Waals surface area contributed by atoms with E-state index in [1.54, 1.807) is 6.92 Å². The third kappa shape index (κ3) is 2.22. The highest BCUT2D eigenvalue weighted by Gasteiger charge is 2.27. The van der Waals surface area contributed by atoms with Crippen LogP contribution in [-0.2, 0) is 0 Å². The lowest BCUT2D eigenvalue weighted by Gasteiger charge is -2.18. The fraction of sp³-hybridized carbons (Fsp3) is 0.538. The van der Waals surface area contributed by atoms with Gasteiger partial charge in [0.05, 0.1) is 5.38 Å². The summed E-state index contributed by atoms with van der Waals surface area (Å²) in [5, 5.41) is -0.391. The Hall–Kier alpha value is -0.630. The van der Waals surface area contributed by atoms with Gasteiger partial charge in [0.25, 0.3) is 0 Å². The van der Waals surface area contributed by atoms with Crippen molar-refractivity contribution < 1.29 is 8.78 Å². The van der Waals surface area contributed by atoms with Crippen molar-refractivity contribution in [1.82, 2.24) is 0 Å². The van der Waals surface area contributed by atoms with Gasteiger partial charge in [-0.3, -0.25) is 0 Å². The number of alkyl halides is 1. The van der Waals surface area contributed by atoms with Gasteiger partial charge in [0.15, 0.2) is 0 Å². The Labute approximate surface area is 99.6 Å². The first kappa shape index (κ1) is 11.8. The minimum absolute atomic E-state index is 0.290. The normalized spacial score (nSPS) is 19.0. The summed E-state index contributed by atoms with van der Waals surface area (Å²) in [6, 6.07) is 2.48. The SMILES string of the molecule is Cc1cc(F)c(C(Cl)C2CCCC2)cc1F. The van der Waals surface area contributed by atoms with Crippen LogP contribution in [0.3, 0.4) is 0 Å². The summed E-state index contributed by atoms with van der Waals surface area (Å²) in [5.41, 5.74) is 0.646. The Morgan fingerprint density at radius 2 is 1.81 bits per heavy atom. The largest absolute Gasteiger partial charge is 0.207 e. The van der Waals surface area contributed by atoms with Crippen molar-refractivity contribution in [2.24, 2.45) is 5.92 Å². The van der Waals surface area contributed by atoms with Gasteiger partial charge in [-0.05, 0) is 43.4 Å². The average molecular weight is 245 g/mol. The van der Waals surface area contributed by atoms with Crippen molar-refractivity contribution in [2.75, 3.05) is 0 Å². The molecule has 0 bridgehead atoms. The molecule has 1 unspecified atom stereocenters. The molecular formula is C13H15ClF2. The third-order valence-electron chi connectivity index (χ3n) is 3.39. The molecule has 0 nitrogen and oxygen atoms in total. The highest BCUT2D eigenvalue weighted by Crippen LogP contribution is 2.41. The highest BCUT2D eigenvalue weighted by atomic mass is 35.5. The molecule has 88 valence electrons. The molecule has 16 heavy (non-hydrogen) atoms. The summed E-state index contributed by atoms with van der Waals surface area (Å²) in [7, 11) is 0. The molecule has 0 spiro atoms. The highest BCUT2D eigenvalue weighted by molar-refractivity contribution is 6.21. The molecule has 0 aromatic heterocycles. The maximum atomic E-state index is 13.7. The average Bonchev–Trinajstić information content (AvgIpc) is 2.75. The Balaban J connectivity index is 2.28. The van der Waals surface area contributed by atoms with Crippen LogP contribution in [0.5, 0.6) is 0 Å². The molecular weight excluding hydrogens is 230 g/mol. The molecule has 2 rings (SSSR count). The Kier molecular flexibility index (Phi) is 3.48. The topological polar surface area (TPSA) is 0 Å². The fourth-order valence-corrected chi connectivity index (χ4v) is 2.80. The molecule has 1 aliphatic carbocycles. The van der Waals surface area contributed by atoms with Crippen molar-refractivity contribution in [3.8, 4) is 0 Å². The third-order valence-corrected chi connectivity index (χ3v) is 3.98. The summed E-state index contributed by atoms with van der Waals surface area (Å²) in [5.74, 6) is -0.468. The lowest BCUT2D eigenvalue weighted by Crippen LogP contribution is -2.06. The van der Waals surface area contributed by atoms with Crippen LogP contribution in [0.1, 0.15) is 42.2 Å². The van der Waals surface area contributed by atoms with Crippen molar-refractivity contribution in [3.05, 3.63) is 34.9 Å². The molecule has 1 saturated carbocycles. The molecule has 1 fully saturated rings. The van der Waals surface area contributed by atoms with E-state index in [0.717, 1.165) is 25.7 Å². The molecule has 0 radical (unpaired) electrons. The Morgan fingerprint density at radius 1 is 1.19 bits per heavy atom. The Bertz CT molecular complexity index is 384. The maximum absolute atomic E-state index is 13.7. The van der Waals surface area contributed by atoms with Crippen LogP contribution < -0.4 is 0 Å². The Morgan fingerprint density at radius 3 is 2.44 bits per heavy atom. The molecule has 0 saturated heterocycles. The molecule has 0 heterocycles. The number of rotatable bonds is 2. The monoisotopic (exact) mass is 244 g/mol. The smallest absolute Gasteiger partial charge is 0.128 e. The lowest BCUT2D eigenvalue weighted by atomic mass is 9.96. The van der Waals surface area contributed by atoms with E-state index < -0.39 is 5.38 Å². The summed E-state index contributed by atoms with van der Waals surface area (Å²) < 4.78 is 27.1. The van der Waals surface area contributed by atoms with Gasteiger partial charge >= 0.3 is 0 Å². The maximum Gasteiger partial charge on any atom is 0.128 e. The number of hydrogen-bond acceptors (Lipinski definition) is 0. The van der Waals surface area contributed by atoms with Gasteiger partial charge in [0.2, 0.25) is 0 Å². The first-order valence-corrected chi connectivity index (χ1v) is 6.13. The second-order valence-corrected chi connectivity index (χ2v) is 5.04. The van der Waals surface area contributed by atoms with E-state index in [2.05, 4.69) is 0 Å². The standard InChI is InChI=1S/C13H15ClF2/c1-8-6-12(16)10(7-11(8)15)13(14)9-4-2-3-5-9/h6-7,9,13H,2-5H2,1H3. The minimum atomic E-state index is -0.391. The van der Waals surface area contributed by atoms with Gasteiger partial charge in [-0.15, -0.1) is 11.6 Å². The molecule has 3 heteroatoms. The van der Waals surface area contributed by atoms with E-state index in [1.165, 1.54) is 12.1 Å². The van der Waals surface area contributed by atoms with Crippen molar-refractivity contribution in [1.29, 1.82) is 0 Å². The van der Waals surface area contributed by atoms with Crippen LogP contribution in [0.25, 0.3) is 0 Å². The number of benzene rings is 1. The molecule has 0 N–H and O–H groups in total. The van der Waals surface area contributed by atoms with E-state index in [4.69, 9.17) is 11.6 Å². The number of hydrogen-bond donors (Lipinski definition) is 0. The van der Waals surface area contributed by atoms with Crippen LogP contribution in [0.15, 0.2) is 12.1 Å². The number of halogens is 3. The zero-order chi connectivity index (χ0) is 11.7. The van der Waals surface area contributed by atoms with Gasteiger partial charge in [0.1, 0.15) is 11.6 Å². The van der Waals surface area contributed by atoms with E-state index in [9.17, 15) is 8.78 Å². The van der Waals surface area contributed by atoms with Gasteiger partial charge in [-0.1, -0.05) is 12.8 Å². The van der Waals surface area contributed by atoms with Crippen molar-refractivity contribution in [2.45, 2.75) is 38.0 Å². The van der Waals surface area contributed by atoms with E-state index >= 15 is 0 Å². The second kappa shape index (κ2) is 4.70. The second-order valence-electron chi connectivity index (χ2n) is 4.57. The van der Waals surface area contributed by atoms with Crippen molar-refractivity contribution >= 4 is 11.6 Å². The van der Waals surface area contributed by atoms with Crippen LogP contribution in [0, 0.1) is 24.5 Å². The lowest BCUT2D eigenvalue weighted by molar-refractivity contribution is 0.499. The molecule has 1 aromatic rings. The van der Waals surface area contributed by atoms with Gasteiger partial charge < -0.3 is 0 Å². The first-order valence-electron chi connectivity index (χ1n) is 5.69. The molecule has 1 aliphatic rings. The molecule has 1 aromatic carbocycles. The quantitative estimate of drug-likeness (QED) is 0.659. The molecule has 0 amide bonds. The summed E-state index contributed by atoms with van der Waals surface area (Å²) >= 11 is 6.24. The first-order chi connectivity index (χ1) is 7.59. The molecule has 1 atom stereocenters.